The Balaban J connectivity index is 1.86. The number of amides is 1. The van der Waals surface area contributed by atoms with E-state index in [1.165, 1.54) is 21.5 Å². The lowest BCUT2D eigenvalue weighted by atomic mass is 10.2. The van der Waals surface area contributed by atoms with E-state index < -0.39 is 26.6 Å². The summed E-state index contributed by atoms with van der Waals surface area (Å²) in [4.78, 5) is 13.4. The van der Waals surface area contributed by atoms with Gasteiger partial charge in [-0.3, -0.25) is 4.79 Å². The summed E-state index contributed by atoms with van der Waals surface area (Å²) in [7, 11) is -2.33. The van der Waals surface area contributed by atoms with Gasteiger partial charge in [-0.25, -0.2) is 12.8 Å². The number of hydrogen-bond acceptors (Lipinski definition) is 4. The van der Waals surface area contributed by atoms with Crippen LogP contribution in [0.15, 0.2) is 45.9 Å². The Labute approximate surface area is 139 Å². The van der Waals surface area contributed by atoms with Gasteiger partial charge in [0.05, 0.1) is 12.8 Å². The molecule has 0 atom stereocenters. The number of rotatable bonds is 5. The van der Waals surface area contributed by atoms with Gasteiger partial charge >= 0.3 is 0 Å². The second-order valence-corrected chi connectivity index (χ2v) is 7.55. The maximum absolute atomic E-state index is 14.0. The van der Waals surface area contributed by atoms with Crippen LogP contribution in [-0.4, -0.2) is 43.7 Å². The highest BCUT2D eigenvalue weighted by Gasteiger charge is 2.32. The minimum atomic E-state index is -3.90. The van der Waals surface area contributed by atoms with Crippen molar-refractivity contribution >= 4 is 15.9 Å². The molecule has 0 bridgehead atoms. The molecule has 0 saturated carbocycles. The summed E-state index contributed by atoms with van der Waals surface area (Å²) in [6.45, 7) is 0.980. The zero-order valence-electron chi connectivity index (χ0n) is 13.1. The first kappa shape index (κ1) is 16.7. The molecule has 1 fully saturated rings. The van der Waals surface area contributed by atoms with E-state index >= 15 is 0 Å². The van der Waals surface area contributed by atoms with E-state index in [0.29, 0.717) is 18.8 Å². The van der Waals surface area contributed by atoms with Crippen molar-refractivity contribution < 1.29 is 22.0 Å². The van der Waals surface area contributed by atoms with Gasteiger partial charge in [0.1, 0.15) is 16.5 Å². The number of halogens is 1. The Morgan fingerprint density at radius 2 is 2.08 bits per heavy atom. The largest absolute Gasteiger partial charge is 0.467 e. The van der Waals surface area contributed by atoms with E-state index in [1.54, 1.807) is 19.2 Å². The number of sulfonamides is 1. The number of hydrogen-bond donors (Lipinski definition) is 0. The van der Waals surface area contributed by atoms with Gasteiger partial charge in [-0.05, 0) is 36.8 Å². The molecule has 0 unspecified atom stereocenters. The topological polar surface area (TPSA) is 70.8 Å². The highest BCUT2D eigenvalue weighted by atomic mass is 32.2. The van der Waals surface area contributed by atoms with E-state index in [2.05, 4.69) is 0 Å². The van der Waals surface area contributed by atoms with Crippen molar-refractivity contribution in [3.8, 4) is 0 Å². The smallest absolute Gasteiger partial charge is 0.254 e. The maximum atomic E-state index is 14.0. The molecule has 24 heavy (non-hydrogen) atoms. The molecule has 1 saturated heterocycles. The van der Waals surface area contributed by atoms with Gasteiger partial charge in [0.25, 0.3) is 5.91 Å². The Hall–Kier alpha value is -2.19. The van der Waals surface area contributed by atoms with E-state index in [4.69, 9.17) is 4.42 Å². The Morgan fingerprint density at radius 3 is 2.67 bits per heavy atom. The fourth-order valence-electron chi connectivity index (χ4n) is 2.43. The highest BCUT2D eigenvalue weighted by molar-refractivity contribution is 7.89. The number of carbonyl (C=O) groups is 1. The molecule has 2 heterocycles. The van der Waals surface area contributed by atoms with Crippen molar-refractivity contribution in [2.75, 3.05) is 20.1 Å². The van der Waals surface area contributed by atoms with Crippen molar-refractivity contribution in [1.82, 2.24) is 9.21 Å². The zero-order valence-corrected chi connectivity index (χ0v) is 13.9. The standard InChI is InChI=1S/C16H17FN2O4S/c1-18(11-13-4-2-9-23-13)16(20)12-5-6-14(17)15(10-12)24(21,22)19-7-3-8-19/h2,4-6,9-10H,3,7-8,11H2,1H3. The van der Waals surface area contributed by atoms with Crippen LogP contribution in [0.5, 0.6) is 0 Å². The molecule has 8 heteroatoms. The lowest BCUT2D eigenvalue weighted by Gasteiger charge is -2.29. The third-order valence-electron chi connectivity index (χ3n) is 3.93. The summed E-state index contributed by atoms with van der Waals surface area (Å²) in [5.41, 5.74) is 0.115. The van der Waals surface area contributed by atoms with Gasteiger partial charge in [-0.15, -0.1) is 0 Å². The summed E-state index contributed by atoms with van der Waals surface area (Å²) in [5, 5.41) is 0. The average Bonchev–Trinajstić information content (AvgIpc) is 2.97. The maximum Gasteiger partial charge on any atom is 0.254 e. The average molecular weight is 352 g/mol. The van der Waals surface area contributed by atoms with E-state index in [0.717, 1.165) is 18.6 Å². The van der Waals surface area contributed by atoms with Crippen LogP contribution >= 0.6 is 0 Å². The second kappa shape index (κ2) is 6.37. The Bertz CT molecular complexity index is 845. The molecule has 3 rings (SSSR count). The lowest BCUT2D eigenvalue weighted by Crippen LogP contribution is -2.42. The molecular weight excluding hydrogens is 335 g/mol. The highest BCUT2D eigenvalue weighted by Crippen LogP contribution is 2.25. The summed E-state index contributed by atoms with van der Waals surface area (Å²) >= 11 is 0. The quantitative estimate of drug-likeness (QED) is 0.826. The van der Waals surface area contributed by atoms with Crippen molar-refractivity contribution in [2.45, 2.75) is 17.9 Å². The third kappa shape index (κ3) is 3.07. The normalized spacial score (nSPS) is 15.1. The lowest BCUT2D eigenvalue weighted by molar-refractivity contribution is 0.0775. The predicted molar refractivity (Wildman–Crippen MR) is 84.3 cm³/mol. The molecule has 1 aromatic heterocycles. The van der Waals surface area contributed by atoms with Crippen LogP contribution in [0.1, 0.15) is 22.5 Å². The summed E-state index contributed by atoms with van der Waals surface area (Å²) in [5.74, 6) is -0.667. The summed E-state index contributed by atoms with van der Waals surface area (Å²) < 4.78 is 45.2. The zero-order chi connectivity index (χ0) is 17.3. The van der Waals surface area contributed by atoms with Gasteiger partial charge in [0.15, 0.2) is 0 Å². The first-order valence-corrected chi connectivity index (χ1v) is 8.91. The number of carbonyl (C=O) groups excluding carboxylic acids is 1. The second-order valence-electron chi connectivity index (χ2n) is 5.64. The van der Waals surface area contributed by atoms with Crippen molar-refractivity contribution in [2.24, 2.45) is 0 Å². The van der Waals surface area contributed by atoms with Gasteiger partial charge in [0.2, 0.25) is 10.0 Å². The van der Waals surface area contributed by atoms with Crippen molar-refractivity contribution in [3.05, 3.63) is 53.7 Å². The van der Waals surface area contributed by atoms with Crippen LogP contribution < -0.4 is 0 Å². The van der Waals surface area contributed by atoms with Crippen LogP contribution in [0.25, 0.3) is 0 Å². The van der Waals surface area contributed by atoms with Gasteiger partial charge < -0.3 is 9.32 Å². The van der Waals surface area contributed by atoms with Crippen LogP contribution in [-0.2, 0) is 16.6 Å². The van der Waals surface area contributed by atoms with Gasteiger partial charge in [-0.1, -0.05) is 0 Å². The molecule has 1 amide bonds. The van der Waals surface area contributed by atoms with Gasteiger partial charge in [-0.2, -0.15) is 4.31 Å². The molecule has 1 aliphatic rings. The fourth-order valence-corrected chi connectivity index (χ4v) is 4.04. The molecular formula is C16H17FN2O4S. The van der Waals surface area contributed by atoms with Crippen molar-refractivity contribution in [1.29, 1.82) is 0 Å². The number of nitrogens with zero attached hydrogens (tertiary/aromatic N) is 2. The number of furan rings is 1. The molecule has 1 aromatic carbocycles. The minimum absolute atomic E-state index is 0.115. The molecule has 2 aromatic rings. The van der Waals surface area contributed by atoms with Gasteiger partial charge in [0, 0.05) is 25.7 Å². The molecule has 0 radical (unpaired) electrons. The predicted octanol–water partition coefficient (Wildman–Crippen LogP) is 2.09. The summed E-state index contributed by atoms with van der Waals surface area (Å²) in [6, 6.07) is 6.84. The molecule has 6 nitrogen and oxygen atoms in total. The third-order valence-corrected chi connectivity index (χ3v) is 5.84. The van der Waals surface area contributed by atoms with Crippen LogP contribution in [0.4, 0.5) is 4.39 Å². The van der Waals surface area contributed by atoms with Crippen LogP contribution in [0.2, 0.25) is 0 Å². The number of benzene rings is 1. The van der Waals surface area contributed by atoms with E-state index in [-0.39, 0.29) is 12.1 Å². The first-order valence-electron chi connectivity index (χ1n) is 7.47. The van der Waals surface area contributed by atoms with E-state index in [1.807, 2.05) is 0 Å². The fraction of sp³-hybridized carbons (Fsp3) is 0.312. The van der Waals surface area contributed by atoms with E-state index in [9.17, 15) is 17.6 Å². The summed E-state index contributed by atoms with van der Waals surface area (Å²) in [6.07, 6.45) is 2.26. The van der Waals surface area contributed by atoms with Crippen LogP contribution in [0, 0.1) is 5.82 Å². The monoisotopic (exact) mass is 352 g/mol. The Morgan fingerprint density at radius 1 is 1.33 bits per heavy atom. The minimum Gasteiger partial charge on any atom is -0.467 e. The molecule has 0 spiro atoms. The molecule has 1 aliphatic heterocycles. The molecule has 0 aliphatic carbocycles. The van der Waals surface area contributed by atoms with Crippen LogP contribution in [0.3, 0.4) is 0 Å². The molecule has 128 valence electrons. The molecule has 0 N–H and O–H groups in total. The SMILES string of the molecule is CN(Cc1ccco1)C(=O)c1ccc(F)c(S(=O)(=O)N2CCC2)c1. The van der Waals surface area contributed by atoms with Crippen molar-refractivity contribution in [3.63, 3.8) is 0 Å². The Kier molecular flexibility index (Phi) is 4.42. The first-order chi connectivity index (χ1) is 11.4.